The second kappa shape index (κ2) is 6.57. The van der Waals surface area contributed by atoms with Crippen LogP contribution in [0.5, 0.6) is 5.75 Å². The molecule has 1 aliphatic rings. The van der Waals surface area contributed by atoms with E-state index < -0.39 is 11.9 Å². The summed E-state index contributed by atoms with van der Waals surface area (Å²) in [4.78, 5) is 11.5. The predicted octanol–water partition coefficient (Wildman–Crippen LogP) is 2.68. The van der Waals surface area contributed by atoms with Crippen LogP contribution in [0.4, 0.5) is 0 Å². The normalized spacial score (nSPS) is 17.9. The van der Waals surface area contributed by atoms with Crippen LogP contribution >= 0.6 is 0 Å². The highest BCUT2D eigenvalue weighted by molar-refractivity contribution is 5.76. The Hall–Kier alpha value is -1.55. The van der Waals surface area contributed by atoms with Crippen molar-refractivity contribution in [3.05, 3.63) is 29.8 Å². The van der Waals surface area contributed by atoms with Crippen LogP contribution in [0.2, 0.25) is 0 Å². The van der Waals surface area contributed by atoms with Crippen molar-refractivity contribution in [2.24, 2.45) is 5.92 Å². The zero-order valence-corrected chi connectivity index (χ0v) is 11.2. The highest BCUT2D eigenvalue weighted by Gasteiger charge is 2.31. The number of carboxylic acids is 1. The number of ether oxygens (including phenoxy) is 2. The van der Waals surface area contributed by atoms with Gasteiger partial charge in [0, 0.05) is 13.2 Å². The molecular weight excluding hydrogens is 244 g/mol. The molecule has 1 unspecified atom stereocenters. The molecular formula is C15H20O4. The van der Waals surface area contributed by atoms with Gasteiger partial charge in [0.15, 0.2) is 0 Å². The SMILES string of the molecule is CCOc1ccc(C(C(=O)O)C2CCOCC2)cc1. The maximum Gasteiger partial charge on any atom is 0.311 e. The molecule has 0 amide bonds. The lowest BCUT2D eigenvalue weighted by Crippen LogP contribution is -2.27. The van der Waals surface area contributed by atoms with Crippen LogP contribution in [0.15, 0.2) is 24.3 Å². The lowest BCUT2D eigenvalue weighted by molar-refractivity contribution is -0.141. The Kier molecular flexibility index (Phi) is 4.80. The molecule has 2 rings (SSSR count). The molecule has 1 aliphatic heterocycles. The first-order valence-electron chi connectivity index (χ1n) is 6.75. The molecule has 1 saturated heterocycles. The average Bonchev–Trinajstić information content (AvgIpc) is 2.42. The van der Waals surface area contributed by atoms with Gasteiger partial charge in [0.05, 0.1) is 12.5 Å². The first-order chi connectivity index (χ1) is 9.22. The molecule has 0 aliphatic carbocycles. The van der Waals surface area contributed by atoms with Crippen LogP contribution in [0, 0.1) is 5.92 Å². The van der Waals surface area contributed by atoms with Gasteiger partial charge < -0.3 is 14.6 Å². The van der Waals surface area contributed by atoms with E-state index in [-0.39, 0.29) is 5.92 Å². The van der Waals surface area contributed by atoms with Gasteiger partial charge in [-0.2, -0.15) is 0 Å². The van der Waals surface area contributed by atoms with Gasteiger partial charge in [0.1, 0.15) is 5.75 Å². The fraction of sp³-hybridized carbons (Fsp3) is 0.533. The number of carboxylic acid groups (broad SMARTS) is 1. The fourth-order valence-electron chi connectivity index (χ4n) is 2.60. The first-order valence-corrected chi connectivity index (χ1v) is 6.75. The average molecular weight is 264 g/mol. The Labute approximate surface area is 113 Å². The quantitative estimate of drug-likeness (QED) is 0.888. The number of carbonyl (C=O) groups is 1. The largest absolute Gasteiger partial charge is 0.494 e. The van der Waals surface area contributed by atoms with Gasteiger partial charge in [-0.05, 0) is 43.4 Å². The Morgan fingerprint density at radius 3 is 2.53 bits per heavy atom. The third kappa shape index (κ3) is 3.47. The smallest absolute Gasteiger partial charge is 0.311 e. The van der Waals surface area contributed by atoms with Crippen LogP contribution in [0.1, 0.15) is 31.2 Å². The minimum Gasteiger partial charge on any atom is -0.494 e. The Morgan fingerprint density at radius 2 is 2.00 bits per heavy atom. The van der Waals surface area contributed by atoms with E-state index in [2.05, 4.69) is 0 Å². The molecule has 104 valence electrons. The fourth-order valence-corrected chi connectivity index (χ4v) is 2.60. The van der Waals surface area contributed by atoms with Crippen LogP contribution in [0.3, 0.4) is 0 Å². The molecule has 4 nitrogen and oxygen atoms in total. The molecule has 19 heavy (non-hydrogen) atoms. The Bertz CT molecular complexity index is 407. The minimum absolute atomic E-state index is 0.157. The van der Waals surface area contributed by atoms with Gasteiger partial charge >= 0.3 is 5.97 Å². The van der Waals surface area contributed by atoms with Crippen molar-refractivity contribution in [3.8, 4) is 5.75 Å². The maximum absolute atomic E-state index is 11.5. The van der Waals surface area contributed by atoms with Gasteiger partial charge in [-0.25, -0.2) is 0 Å². The Balaban J connectivity index is 2.15. The molecule has 0 saturated carbocycles. The van der Waals surface area contributed by atoms with Crippen LogP contribution in [0.25, 0.3) is 0 Å². The molecule has 1 heterocycles. The van der Waals surface area contributed by atoms with E-state index in [0.29, 0.717) is 19.8 Å². The summed E-state index contributed by atoms with van der Waals surface area (Å²) in [6.45, 7) is 3.86. The number of aliphatic carboxylic acids is 1. The van der Waals surface area contributed by atoms with Crippen molar-refractivity contribution in [1.82, 2.24) is 0 Å². The van der Waals surface area contributed by atoms with Crippen LogP contribution in [-0.2, 0) is 9.53 Å². The third-order valence-corrected chi connectivity index (χ3v) is 3.55. The zero-order valence-electron chi connectivity index (χ0n) is 11.2. The first kappa shape index (κ1) is 13.9. The van der Waals surface area contributed by atoms with Crippen molar-refractivity contribution in [3.63, 3.8) is 0 Å². The predicted molar refractivity (Wildman–Crippen MR) is 71.5 cm³/mol. The third-order valence-electron chi connectivity index (χ3n) is 3.55. The van der Waals surface area contributed by atoms with Gasteiger partial charge in [-0.1, -0.05) is 12.1 Å². The van der Waals surface area contributed by atoms with Gasteiger partial charge in [-0.15, -0.1) is 0 Å². The van der Waals surface area contributed by atoms with Crippen LogP contribution < -0.4 is 4.74 Å². The number of hydrogen-bond acceptors (Lipinski definition) is 3. The van der Waals surface area contributed by atoms with Crippen molar-refractivity contribution < 1.29 is 19.4 Å². The van der Waals surface area contributed by atoms with E-state index in [4.69, 9.17) is 9.47 Å². The van der Waals surface area contributed by atoms with Gasteiger partial charge in [0.25, 0.3) is 0 Å². The lowest BCUT2D eigenvalue weighted by atomic mass is 9.81. The Morgan fingerprint density at radius 1 is 1.37 bits per heavy atom. The summed E-state index contributed by atoms with van der Waals surface area (Å²) in [7, 11) is 0. The van der Waals surface area contributed by atoms with Crippen molar-refractivity contribution in [2.75, 3.05) is 19.8 Å². The van der Waals surface area contributed by atoms with E-state index in [9.17, 15) is 9.90 Å². The summed E-state index contributed by atoms with van der Waals surface area (Å²) in [5, 5.41) is 9.48. The molecule has 0 spiro atoms. The highest BCUT2D eigenvalue weighted by atomic mass is 16.5. The molecule has 1 N–H and O–H groups in total. The molecule has 1 aromatic carbocycles. The summed E-state index contributed by atoms with van der Waals surface area (Å²) in [5.41, 5.74) is 0.850. The number of benzene rings is 1. The molecule has 1 aromatic rings. The van der Waals surface area contributed by atoms with E-state index in [1.165, 1.54) is 0 Å². The molecule has 0 aromatic heterocycles. The molecule has 1 fully saturated rings. The zero-order chi connectivity index (χ0) is 13.7. The second-order valence-electron chi connectivity index (χ2n) is 4.77. The summed E-state index contributed by atoms with van der Waals surface area (Å²) >= 11 is 0. The van der Waals surface area contributed by atoms with Crippen molar-refractivity contribution in [1.29, 1.82) is 0 Å². The van der Waals surface area contributed by atoms with E-state index in [0.717, 1.165) is 24.2 Å². The summed E-state index contributed by atoms with van der Waals surface area (Å²) in [6.07, 6.45) is 1.62. The van der Waals surface area contributed by atoms with Crippen LogP contribution in [-0.4, -0.2) is 30.9 Å². The van der Waals surface area contributed by atoms with Crippen molar-refractivity contribution in [2.45, 2.75) is 25.7 Å². The monoisotopic (exact) mass is 264 g/mol. The minimum atomic E-state index is -0.754. The molecule has 0 radical (unpaired) electrons. The number of hydrogen-bond donors (Lipinski definition) is 1. The van der Waals surface area contributed by atoms with E-state index in [1.807, 2.05) is 31.2 Å². The lowest BCUT2D eigenvalue weighted by Gasteiger charge is -2.27. The van der Waals surface area contributed by atoms with E-state index >= 15 is 0 Å². The van der Waals surface area contributed by atoms with E-state index in [1.54, 1.807) is 0 Å². The molecule has 4 heteroatoms. The summed E-state index contributed by atoms with van der Waals surface area (Å²) < 4.78 is 10.7. The second-order valence-corrected chi connectivity index (χ2v) is 4.77. The van der Waals surface area contributed by atoms with Crippen molar-refractivity contribution >= 4 is 5.97 Å². The molecule has 0 bridgehead atoms. The summed E-state index contributed by atoms with van der Waals surface area (Å²) in [5.74, 6) is -0.262. The number of rotatable bonds is 5. The maximum atomic E-state index is 11.5. The standard InChI is InChI=1S/C15H20O4/c1-2-19-13-5-3-11(4-6-13)14(15(16)17)12-7-9-18-10-8-12/h3-6,12,14H,2,7-10H2,1H3,(H,16,17). The highest BCUT2D eigenvalue weighted by Crippen LogP contribution is 2.33. The summed E-state index contributed by atoms with van der Waals surface area (Å²) in [6, 6.07) is 7.40. The topological polar surface area (TPSA) is 55.8 Å². The van der Waals surface area contributed by atoms with Gasteiger partial charge in [-0.3, -0.25) is 4.79 Å². The molecule has 1 atom stereocenters. The van der Waals surface area contributed by atoms with Gasteiger partial charge in [0.2, 0.25) is 0 Å².